The van der Waals surface area contributed by atoms with Gasteiger partial charge in [-0.1, -0.05) is 0 Å². The summed E-state index contributed by atoms with van der Waals surface area (Å²) in [6.07, 6.45) is 6.39. The highest BCUT2D eigenvalue weighted by Gasteiger charge is 2.23. The molecule has 0 bridgehead atoms. The number of anilines is 1. The molecule has 0 spiro atoms. The third kappa shape index (κ3) is 3.21. The Hall–Kier alpha value is -1.23. The van der Waals surface area contributed by atoms with Crippen LogP contribution >= 0.6 is 0 Å². The van der Waals surface area contributed by atoms with E-state index in [-0.39, 0.29) is 0 Å². The highest BCUT2D eigenvalue weighted by Crippen LogP contribution is 2.23. The van der Waals surface area contributed by atoms with Crippen molar-refractivity contribution in [3.05, 3.63) is 18.3 Å². The van der Waals surface area contributed by atoms with Gasteiger partial charge in [0.15, 0.2) is 0 Å². The van der Waals surface area contributed by atoms with Gasteiger partial charge in [0.1, 0.15) is 12.1 Å². The van der Waals surface area contributed by atoms with E-state index in [0.29, 0.717) is 0 Å². The molecule has 2 aliphatic heterocycles. The molecule has 19 heavy (non-hydrogen) atoms. The van der Waals surface area contributed by atoms with Gasteiger partial charge in [-0.15, -0.1) is 0 Å². The molecule has 1 aromatic heterocycles. The van der Waals surface area contributed by atoms with Crippen LogP contribution in [0, 0.1) is 11.9 Å². The molecule has 4 nitrogen and oxygen atoms in total. The standard InChI is InChI=1S/C14H21FN4/c15-13-9-14(17-11-16-13)19-7-3-12(4-8-19)10-18-5-1-2-6-18/h9,11-12H,1-8,10H2. The Bertz CT molecular complexity index is 412. The van der Waals surface area contributed by atoms with Crippen LogP contribution in [0.1, 0.15) is 25.7 Å². The SMILES string of the molecule is Fc1cc(N2CCC(CN3CCCC3)CC2)ncn1. The molecule has 0 aliphatic carbocycles. The molecular weight excluding hydrogens is 243 g/mol. The summed E-state index contributed by atoms with van der Waals surface area (Å²) in [5.41, 5.74) is 0. The molecule has 104 valence electrons. The van der Waals surface area contributed by atoms with Crippen molar-refractivity contribution in [3.8, 4) is 0 Å². The summed E-state index contributed by atoms with van der Waals surface area (Å²) < 4.78 is 13.1. The van der Waals surface area contributed by atoms with Gasteiger partial charge in [-0.2, -0.15) is 4.39 Å². The lowest BCUT2D eigenvalue weighted by Gasteiger charge is -2.34. The van der Waals surface area contributed by atoms with Crippen molar-refractivity contribution in [1.29, 1.82) is 0 Å². The summed E-state index contributed by atoms with van der Waals surface area (Å²) in [6, 6.07) is 1.43. The van der Waals surface area contributed by atoms with E-state index < -0.39 is 5.95 Å². The molecule has 2 saturated heterocycles. The molecule has 3 rings (SSSR count). The van der Waals surface area contributed by atoms with Crippen molar-refractivity contribution < 1.29 is 4.39 Å². The Morgan fingerprint density at radius 3 is 2.53 bits per heavy atom. The molecule has 0 amide bonds. The molecule has 0 saturated carbocycles. The Morgan fingerprint density at radius 1 is 1.11 bits per heavy atom. The number of aromatic nitrogens is 2. The maximum Gasteiger partial charge on any atom is 0.218 e. The van der Waals surface area contributed by atoms with Crippen LogP contribution in [0.5, 0.6) is 0 Å². The Kier molecular flexibility index (Phi) is 3.92. The van der Waals surface area contributed by atoms with Crippen molar-refractivity contribution in [3.63, 3.8) is 0 Å². The minimum Gasteiger partial charge on any atom is -0.356 e. The predicted molar refractivity (Wildman–Crippen MR) is 72.6 cm³/mol. The number of hydrogen-bond acceptors (Lipinski definition) is 4. The van der Waals surface area contributed by atoms with Crippen LogP contribution < -0.4 is 4.90 Å². The fourth-order valence-electron chi connectivity index (χ4n) is 3.17. The lowest BCUT2D eigenvalue weighted by molar-refractivity contribution is 0.249. The van der Waals surface area contributed by atoms with Gasteiger partial charge < -0.3 is 9.80 Å². The zero-order valence-corrected chi connectivity index (χ0v) is 11.3. The second-order valence-electron chi connectivity index (χ2n) is 5.64. The number of rotatable bonds is 3. The highest BCUT2D eigenvalue weighted by atomic mass is 19.1. The maximum atomic E-state index is 13.1. The van der Waals surface area contributed by atoms with Crippen molar-refractivity contribution in [1.82, 2.24) is 14.9 Å². The third-order valence-electron chi connectivity index (χ3n) is 4.27. The summed E-state index contributed by atoms with van der Waals surface area (Å²) in [4.78, 5) is 12.4. The van der Waals surface area contributed by atoms with Gasteiger partial charge in [0, 0.05) is 25.7 Å². The Labute approximate surface area is 113 Å². The van der Waals surface area contributed by atoms with Gasteiger partial charge in [-0.25, -0.2) is 9.97 Å². The van der Waals surface area contributed by atoms with E-state index in [4.69, 9.17) is 0 Å². The molecule has 0 unspecified atom stereocenters. The first kappa shape index (κ1) is 12.8. The third-order valence-corrected chi connectivity index (χ3v) is 4.27. The summed E-state index contributed by atoms with van der Waals surface area (Å²) in [7, 11) is 0. The minimum absolute atomic E-state index is 0.441. The summed E-state index contributed by atoms with van der Waals surface area (Å²) in [5.74, 6) is 1.08. The topological polar surface area (TPSA) is 32.3 Å². The number of likely N-dealkylation sites (tertiary alicyclic amines) is 1. The van der Waals surface area contributed by atoms with Crippen LogP contribution in [-0.4, -0.2) is 47.6 Å². The largest absolute Gasteiger partial charge is 0.356 e. The minimum atomic E-state index is -0.441. The van der Waals surface area contributed by atoms with E-state index in [2.05, 4.69) is 19.8 Å². The van der Waals surface area contributed by atoms with E-state index in [1.165, 1.54) is 57.7 Å². The van der Waals surface area contributed by atoms with Gasteiger partial charge in [-0.3, -0.25) is 0 Å². The monoisotopic (exact) mass is 264 g/mol. The number of hydrogen-bond donors (Lipinski definition) is 0. The molecular formula is C14H21FN4. The molecule has 1 aromatic rings. The molecule has 3 heterocycles. The molecule has 2 fully saturated rings. The van der Waals surface area contributed by atoms with E-state index in [0.717, 1.165) is 24.8 Å². The average Bonchev–Trinajstić information content (AvgIpc) is 2.92. The highest BCUT2D eigenvalue weighted by molar-refractivity contribution is 5.37. The van der Waals surface area contributed by atoms with E-state index in [1.54, 1.807) is 0 Å². The van der Waals surface area contributed by atoms with Gasteiger partial charge >= 0.3 is 0 Å². The van der Waals surface area contributed by atoms with E-state index in [1.807, 2.05) is 0 Å². The molecule has 0 radical (unpaired) electrons. The number of halogens is 1. The summed E-state index contributed by atoms with van der Waals surface area (Å²) in [6.45, 7) is 5.75. The van der Waals surface area contributed by atoms with Crippen LogP contribution in [0.3, 0.4) is 0 Å². The quantitative estimate of drug-likeness (QED) is 0.781. The number of nitrogens with zero attached hydrogens (tertiary/aromatic N) is 4. The first-order valence-corrected chi connectivity index (χ1v) is 7.26. The predicted octanol–water partition coefficient (Wildman–Crippen LogP) is 1.93. The fraction of sp³-hybridized carbons (Fsp3) is 0.714. The van der Waals surface area contributed by atoms with Crippen molar-refractivity contribution in [2.24, 2.45) is 5.92 Å². The maximum absolute atomic E-state index is 13.1. The van der Waals surface area contributed by atoms with Gasteiger partial charge in [-0.05, 0) is 44.7 Å². The first-order valence-electron chi connectivity index (χ1n) is 7.26. The second-order valence-corrected chi connectivity index (χ2v) is 5.64. The van der Waals surface area contributed by atoms with Gasteiger partial charge in [0.25, 0.3) is 0 Å². The van der Waals surface area contributed by atoms with Crippen LogP contribution in [0.25, 0.3) is 0 Å². The second kappa shape index (κ2) is 5.82. The molecule has 2 aliphatic rings. The first-order chi connectivity index (χ1) is 9.31. The fourth-order valence-corrected chi connectivity index (χ4v) is 3.17. The van der Waals surface area contributed by atoms with Crippen LogP contribution in [0.15, 0.2) is 12.4 Å². The molecule has 5 heteroatoms. The van der Waals surface area contributed by atoms with Crippen molar-refractivity contribution >= 4 is 5.82 Å². The summed E-state index contributed by atoms with van der Waals surface area (Å²) in [5, 5.41) is 0. The van der Waals surface area contributed by atoms with Crippen LogP contribution in [-0.2, 0) is 0 Å². The number of piperidine rings is 1. The van der Waals surface area contributed by atoms with Gasteiger partial charge in [0.05, 0.1) is 0 Å². The normalized spacial score (nSPS) is 22.1. The average molecular weight is 264 g/mol. The summed E-state index contributed by atoms with van der Waals surface area (Å²) >= 11 is 0. The van der Waals surface area contributed by atoms with Crippen LogP contribution in [0.2, 0.25) is 0 Å². The Morgan fingerprint density at radius 2 is 1.84 bits per heavy atom. The molecule has 0 N–H and O–H groups in total. The van der Waals surface area contributed by atoms with E-state index >= 15 is 0 Å². The van der Waals surface area contributed by atoms with Crippen molar-refractivity contribution in [2.45, 2.75) is 25.7 Å². The zero-order chi connectivity index (χ0) is 13.1. The molecule has 0 aromatic carbocycles. The Balaban J connectivity index is 1.51. The van der Waals surface area contributed by atoms with E-state index in [9.17, 15) is 4.39 Å². The lowest BCUT2D eigenvalue weighted by atomic mass is 9.96. The molecule has 0 atom stereocenters. The van der Waals surface area contributed by atoms with Crippen molar-refractivity contribution in [2.75, 3.05) is 37.6 Å². The van der Waals surface area contributed by atoms with Crippen LogP contribution in [0.4, 0.5) is 10.2 Å². The smallest absolute Gasteiger partial charge is 0.218 e. The lowest BCUT2D eigenvalue weighted by Crippen LogP contribution is -2.38. The zero-order valence-electron chi connectivity index (χ0n) is 11.3. The van der Waals surface area contributed by atoms with Gasteiger partial charge in [0.2, 0.25) is 5.95 Å².